The van der Waals surface area contributed by atoms with Gasteiger partial charge in [-0.2, -0.15) is 0 Å². The molecule has 1 aromatic rings. The van der Waals surface area contributed by atoms with Crippen molar-refractivity contribution < 1.29 is 9.53 Å². The first-order valence-corrected chi connectivity index (χ1v) is 6.13. The molecule has 18 heavy (non-hydrogen) atoms. The average Bonchev–Trinajstić information content (AvgIpc) is 2.30. The minimum Gasteiger partial charge on any atom is -0.479 e. The molecule has 0 saturated carbocycles. The lowest BCUT2D eigenvalue weighted by Crippen LogP contribution is -2.35. The summed E-state index contributed by atoms with van der Waals surface area (Å²) in [6, 6.07) is 5.26. The molecule has 0 bridgehead atoms. The molecule has 0 heterocycles. The summed E-state index contributed by atoms with van der Waals surface area (Å²) < 4.78 is 5.54. The number of ether oxygens (including phenoxy) is 1. The zero-order chi connectivity index (χ0) is 13.9. The Balaban J connectivity index is 2.83. The summed E-state index contributed by atoms with van der Waals surface area (Å²) in [4.78, 5) is 13.2. The standard InChI is InChI=1S/C13H19ClN2O2/c1-8(15)10-5-6-12(11(14)7-10)18-9(2)13(17)16(3)4/h5-9H,15H2,1-4H3. The van der Waals surface area contributed by atoms with Gasteiger partial charge in [-0.25, -0.2) is 0 Å². The van der Waals surface area contributed by atoms with Crippen LogP contribution in [0.15, 0.2) is 18.2 Å². The van der Waals surface area contributed by atoms with E-state index in [-0.39, 0.29) is 11.9 Å². The van der Waals surface area contributed by atoms with Gasteiger partial charge < -0.3 is 15.4 Å². The van der Waals surface area contributed by atoms with E-state index in [4.69, 9.17) is 22.1 Å². The van der Waals surface area contributed by atoms with Gasteiger partial charge in [0.1, 0.15) is 5.75 Å². The third-order valence-corrected chi connectivity index (χ3v) is 2.87. The van der Waals surface area contributed by atoms with Crippen molar-refractivity contribution in [2.24, 2.45) is 5.73 Å². The van der Waals surface area contributed by atoms with E-state index in [9.17, 15) is 4.79 Å². The highest BCUT2D eigenvalue weighted by molar-refractivity contribution is 6.32. The van der Waals surface area contributed by atoms with Crippen molar-refractivity contribution in [3.63, 3.8) is 0 Å². The number of nitrogens with zero attached hydrogens (tertiary/aromatic N) is 1. The second-order valence-electron chi connectivity index (χ2n) is 4.47. The van der Waals surface area contributed by atoms with Crippen LogP contribution in [0.2, 0.25) is 5.02 Å². The van der Waals surface area contributed by atoms with E-state index in [0.29, 0.717) is 10.8 Å². The van der Waals surface area contributed by atoms with E-state index in [2.05, 4.69) is 0 Å². The maximum Gasteiger partial charge on any atom is 0.262 e. The monoisotopic (exact) mass is 270 g/mol. The lowest BCUT2D eigenvalue weighted by molar-refractivity contribution is -0.135. The smallest absolute Gasteiger partial charge is 0.262 e. The Labute approximate surface area is 113 Å². The quantitative estimate of drug-likeness (QED) is 0.913. The fourth-order valence-corrected chi connectivity index (χ4v) is 1.73. The summed E-state index contributed by atoms with van der Waals surface area (Å²) in [6.07, 6.45) is -0.571. The van der Waals surface area contributed by atoms with Gasteiger partial charge in [-0.1, -0.05) is 17.7 Å². The number of hydrogen-bond acceptors (Lipinski definition) is 3. The van der Waals surface area contributed by atoms with Gasteiger partial charge in [0.2, 0.25) is 0 Å². The molecule has 0 saturated heterocycles. The lowest BCUT2D eigenvalue weighted by atomic mass is 10.1. The number of carbonyl (C=O) groups excluding carboxylic acids is 1. The maximum absolute atomic E-state index is 11.7. The SMILES string of the molecule is CC(Oc1ccc(C(C)N)cc1Cl)C(=O)N(C)C. The second kappa shape index (κ2) is 6.07. The number of halogens is 1. The molecular weight excluding hydrogens is 252 g/mol. The second-order valence-corrected chi connectivity index (χ2v) is 4.88. The molecule has 1 amide bonds. The van der Waals surface area contributed by atoms with Gasteiger partial charge in [0.05, 0.1) is 5.02 Å². The minimum atomic E-state index is -0.571. The molecule has 1 aromatic carbocycles. The van der Waals surface area contributed by atoms with Crippen LogP contribution < -0.4 is 10.5 Å². The number of carbonyl (C=O) groups is 1. The fraction of sp³-hybridized carbons (Fsp3) is 0.462. The van der Waals surface area contributed by atoms with E-state index >= 15 is 0 Å². The van der Waals surface area contributed by atoms with Crippen molar-refractivity contribution in [1.29, 1.82) is 0 Å². The third kappa shape index (κ3) is 3.62. The van der Waals surface area contributed by atoms with Crippen LogP contribution in [0.3, 0.4) is 0 Å². The molecular formula is C13H19ClN2O2. The minimum absolute atomic E-state index is 0.0858. The van der Waals surface area contributed by atoms with Crippen molar-refractivity contribution >= 4 is 17.5 Å². The largest absolute Gasteiger partial charge is 0.479 e. The molecule has 2 N–H and O–H groups in total. The van der Waals surface area contributed by atoms with Crippen LogP contribution in [0.5, 0.6) is 5.75 Å². The number of benzene rings is 1. The molecule has 0 fully saturated rings. The molecule has 0 aliphatic heterocycles. The highest BCUT2D eigenvalue weighted by Gasteiger charge is 2.18. The van der Waals surface area contributed by atoms with E-state index in [0.717, 1.165) is 5.56 Å². The first-order valence-electron chi connectivity index (χ1n) is 5.75. The Morgan fingerprint density at radius 2 is 2.00 bits per heavy atom. The Kier molecular flexibility index (Phi) is 4.99. The molecule has 100 valence electrons. The van der Waals surface area contributed by atoms with Crippen LogP contribution in [0, 0.1) is 0 Å². The summed E-state index contributed by atoms with van der Waals surface area (Å²) in [6.45, 7) is 3.57. The third-order valence-electron chi connectivity index (χ3n) is 2.57. The Morgan fingerprint density at radius 1 is 1.39 bits per heavy atom. The van der Waals surface area contributed by atoms with Crippen LogP contribution in [-0.2, 0) is 4.79 Å². The lowest BCUT2D eigenvalue weighted by Gasteiger charge is -2.19. The number of rotatable bonds is 4. The average molecular weight is 271 g/mol. The van der Waals surface area contributed by atoms with E-state index in [1.807, 2.05) is 13.0 Å². The molecule has 0 spiro atoms. The topological polar surface area (TPSA) is 55.6 Å². The first-order chi connectivity index (χ1) is 8.32. The highest BCUT2D eigenvalue weighted by Crippen LogP contribution is 2.28. The van der Waals surface area contributed by atoms with Crippen molar-refractivity contribution in [3.05, 3.63) is 28.8 Å². The molecule has 0 aliphatic rings. The fourth-order valence-electron chi connectivity index (χ4n) is 1.50. The summed E-state index contributed by atoms with van der Waals surface area (Å²) in [5.74, 6) is 0.381. The van der Waals surface area contributed by atoms with Gasteiger partial charge in [-0.05, 0) is 31.5 Å². The van der Waals surface area contributed by atoms with Crippen molar-refractivity contribution in [3.8, 4) is 5.75 Å². The Bertz CT molecular complexity index is 433. The van der Waals surface area contributed by atoms with Gasteiger partial charge >= 0.3 is 0 Å². The summed E-state index contributed by atoms with van der Waals surface area (Å²) in [7, 11) is 3.37. The number of amides is 1. The van der Waals surface area contributed by atoms with Gasteiger partial charge in [-0.15, -0.1) is 0 Å². The van der Waals surface area contributed by atoms with Gasteiger partial charge in [0.25, 0.3) is 5.91 Å². The highest BCUT2D eigenvalue weighted by atomic mass is 35.5. The number of hydrogen-bond donors (Lipinski definition) is 1. The molecule has 1 rings (SSSR count). The predicted molar refractivity (Wildman–Crippen MR) is 72.8 cm³/mol. The van der Waals surface area contributed by atoms with Crippen molar-refractivity contribution in [2.75, 3.05) is 14.1 Å². The van der Waals surface area contributed by atoms with Crippen LogP contribution in [0.1, 0.15) is 25.5 Å². The summed E-state index contributed by atoms with van der Waals surface area (Å²) >= 11 is 6.10. The van der Waals surface area contributed by atoms with E-state index in [1.165, 1.54) is 4.90 Å². The number of nitrogens with two attached hydrogens (primary N) is 1. The van der Waals surface area contributed by atoms with Crippen molar-refractivity contribution in [1.82, 2.24) is 4.90 Å². The molecule has 5 heteroatoms. The zero-order valence-electron chi connectivity index (χ0n) is 11.1. The van der Waals surface area contributed by atoms with Gasteiger partial charge in [0, 0.05) is 20.1 Å². The molecule has 4 nitrogen and oxygen atoms in total. The Morgan fingerprint density at radius 3 is 2.44 bits per heavy atom. The molecule has 2 atom stereocenters. The summed E-state index contributed by atoms with van der Waals surface area (Å²) in [5.41, 5.74) is 6.69. The first kappa shape index (κ1) is 14.8. The summed E-state index contributed by atoms with van der Waals surface area (Å²) in [5, 5.41) is 0.461. The van der Waals surface area contributed by atoms with Gasteiger partial charge in [0.15, 0.2) is 6.10 Å². The van der Waals surface area contributed by atoms with E-state index < -0.39 is 6.10 Å². The Hall–Kier alpha value is -1.26. The molecule has 0 aromatic heterocycles. The van der Waals surface area contributed by atoms with E-state index in [1.54, 1.807) is 33.2 Å². The zero-order valence-corrected chi connectivity index (χ0v) is 11.9. The molecule has 2 unspecified atom stereocenters. The molecule has 0 aliphatic carbocycles. The normalized spacial score (nSPS) is 13.9. The van der Waals surface area contributed by atoms with Crippen LogP contribution in [0.25, 0.3) is 0 Å². The molecule has 0 radical (unpaired) electrons. The van der Waals surface area contributed by atoms with Crippen LogP contribution >= 0.6 is 11.6 Å². The van der Waals surface area contributed by atoms with Crippen molar-refractivity contribution in [2.45, 2.75) is 26.0 Å². The van der Waals surface area contributed by atoms with Crippen LogP contribution in [-0.4, -0.2) is 31.0 Å². The van der Waals surface area contributed by atoms with Gasteiger partial charge in [-0.3, -0.25) is 4.79 Å². The van der Waals surface area contributed by atoms with Crippen LogP contribution in [0.4, 0.5) is 0 Å². The predicted octanol–water partition coefficient (Wildman–Crippen LogP) is 2.22. The number of likely N-dealkylation sites (N-methyl/N-ethyl adjacent to an activating group) is 1. The maximum atomic E-state index is 11.7.